The number of aryl methyl sites for hydroxylation is 2. The number of rotatable bonds is 5. The lowest BCUT2D eigenvalue weighted by molar-refractivity contribution is -0.122. The minimum absolute atomic E-state index is 0.0487. The van der Waals surface area contributed by atoms with E-state index >= 15 is 0 Å². The SMILES string of the molecule is C[C@H]1CCCC[C@@H]1NC(=O)CCCc1nnc2n(C)c(=O)c3sccc3n12. The zero-order valence-electron chi connectivity index (χ0n) is 15.8. The van der Waals surface area contributed by atoms with Gasteiger partial charge in [0.25, 0.3) is 5.56 Å². The van der Waals surface area contributed by atoms with Gasteiger partial charge >= 0.3 is 0 Å². The maximum atomic E-state index is 12.4. The van der Waals surface area contributed by atoms with Gasteiger partial charge in [-0.25, -0.2) is 0 Å². The Balaban J connectivity index is 1.45. The fourth-order valence-corrected chi connectivity index (χ4v) is 4.88. The zero-order valence-corrected chi connectivity index (χ0v) is 16.6. The van der Waals surface area contributed by atoms with Gasteiger partial charge in [0, 0.05) is 25.9 Å². The van der Waals surface area contributed by atoms with Crippen molar-refractivity contribution < 1.29 is 4.79 Å². The molecule has 0 aliphatic heterocycles. The van der Waals surface area contributed by atoms with Crippen LogP contribution >= 0.6 is 11.3 Å². The summed E-state index contributed by atoms with van der Waals surface area (Å²) in [6, 6.07) is 2.25. The normalized spacial score (nSPS) is 20.4. The van der Waals surface area contributed by atoms with E-state index in [2.05, 4.69) is 22.4 Å². The smallest absolute Gasteiger partial charge is 0.272 e. The molecule has 0 saturated heterocycles. The van der Waals surface area contributed by atoms with Gasteiger partial charge < -0.3 is 5.32 Å². The lowest BCUT2D eigenvalue weighted by Gasteiger charge is -2.29. The number of amides is 1. The Bertz CT molecular complexity index is 1030. The Hall–Kier alpha value is -2.22. The van der Waals surface area contributed by atoms with E-state index in [9.17, 15) is 9.59 Å². The molecule has 0 bridgehead atoms. The third-order valence-electron chi connectivity index (χ3n) is 5.66. The number of aromatic nitrogens is 4. The van der Waals surface area contributed by atoms with Gasteiger partial charge in [0.1, 0.15) is 10.5 Å². The van der Waals surface area contributed by atoms with Crippen LogP contribution < -0.4 is 10.9 Å². The average molecular weight is 388 g/mol. The summed E-state index contributed by atoms with van der Waals surface area (Å²) in [5.41, 5.74) is 0.797. The van der Waals surface area contributed by atoms with Gasteiger partial charge in [-0.2, -0.15) is 0 Å². The number of nitrogens with one attached hydrogen (secondary N) is 1. The minimum atomic E-state index is -0.0487. The molecule has 27 heavy (non-hydrogen) atoms. The van der Waals surface area contributed by atoms with Crippen molar-refractivity contribution in [1.82, 2.24) is 24.5 Å². The average Bonchev–Trinajstić information content (AvgIpc) is 3.28. The molecule has 1 fully saturated rings. The van der Waals surface area contributed by atoms with Crippen LogP contribution in [0.1, 0.15) is 51.3 Å². The summed E-state index contributed by atoms with van der Waals surface area (Å²) in [5.74, 6) is 2.02. The van der Waals surface area contributed by atoms with Gasteiger partial charge in [-0.05, 0) is 36.6 Å². The van der Waals surface area contributed by atoms with Crippen LogP contribution in [0.3, 0.4) is 0 Å². The minimum Gasteiger partial charge on any atom is -0.353 e. The molecule has 144 valence electrons. The number of hydrogen-bond acceptors (Lipinski definition) is 5. The van der Waals surface area contributed by atoms with E-state index in [4.69, 9.17) is 0 Å². The lowest BCUT2D eigenvalue weighted by Crippen LogP contribution is -2.40. The van der Waals surface area contributed by atoms with Gasteiger partial charge in [-0.15, -0.1) is 21.5 Å². The van der Waals surface area contributed by atoms with E-state index in [-0.39, 0.29) is 11.5 Å². The molecule has 1 amide bonds. The second-order valence-electron chi connectivity index (χ2n) is 7.54. The third-order valence-corrected chi connectivity index (χ3v) is 6.55. The fraction of sp³-hybridized carbons (Fsp3) is 0.579. The van der Waals surface area contributed by atoms with E-state index in [1.165, 1.54) is 35.2 Å². The molecule has 1 aliphatic rings. The lowest BCUT2D eigenvalue weighted by atomic mass is 9.86. The summed E-state index contributed by atoms with van der Waals surface area (Å²) in [6.07, 6.45) is 6.61. The molecular weight excluding hydrogens is 362 g/mol. The first kappa shape index (κ1) is 18.2. The zero-order chi connectivity index (χ0) is 19.0. The first-order valence-electron chi connectivity index (χ1n) is 9.66. The van der Waals surface area contributed by atoms with Crippen molar-refractivity contribution in [3.63, 3.8) is 0 Å². The van der Waals surface area contributed by atoms with Gasteiger partial charge in [0.15, 0.2) is 0 Å². The van der Waals surface area contributed by atoms with Crippen LogP contribution in [0.2, 0.25) is 0 Å². The standard InChI is InChI=1S/C19H25N5O2S/c1-12-6-3-4-7-13(12)20-16(25)9-5-8-15-21-22-19-23(2)18(26)17-14(24(15)19)10-11-27-17/h10-13H,3-9H2,1-2H3,(H,20,25)/t12-,13-/m0/s1. The van der Waals surface area contributed by atoms with Crippen LogP contribution in [0.4, 0.5) is 0 Å². The summed E-state index contributed by atoms with van der Waals surface area (Å²) in [5, 5.41) is 13.6. The maximum Gasteiger partial charge on any atom is 0.272 e. The summed E-state index contributed by atoms with van der Waals surface area (Å²) < 4.78 is 4.18. The topological polar surface area (TPSA) is 81.3 Å². The number of carbonyl (C=O) groups is 1. The molecule has 7 nitrogen and oxygen atoms in total. The Morgan fingerprint density at radius 1 is 1.33 bits per heavy atom. The van der Waals surface area contributed by atoms with Gasteiger partial charge in [-0.3, -0.25) is 18.6 Å². The molecule has 0 aromatic carbocycles. The molecule has 8 heteroatoms. The van der Waals surface area contributed by atoms with Crippen LogP contribution in [0.25, 0.3) is 16.0 Å². The Morgan fingerprint density at radius 2 is 2.15 bits per heavy atom. The predicted molar refractivity (Wildman–Crippen MR) is 106 cm³/mol. The Kier molecular flexibility index (Phi) is 4.99. The highest BCUT2D eigenvalue weighted by atomic mass is 32.1. The monoisotopic (exact) mass is 387 g/mol. The second kappa shape index (κ2) is 7.42. The van der Waals surface area contributed by atoms with Crippen LogP contribution in [-0.4, -0.2) is 31.1 Å². The molecule has 0 unspecified atom stereocenters. The number of hydrogen-bond donors (Lipinski definition) is 1. The van der Waals surface area contributed by atoms with Crippen molar-refractivity contribution >= 4 is 33.2 Å². The Labute approximate surface area is 161 Å². The van der Waals surface area contributed by atoms with Crippen molar-refractivity contribution in [2.45, 2.75) is 57.9 Å². The van der Waals surface area contributed by atoms with Gasteiger partial charge in [0.2, 0.25) is 11.7 Å². The highest BCUT2D eigenvalue weighted by Gasteiger charge is 2.22. The molecule has 4 rings (SSSR count). The molecular formula is C19H25N5O2S. The number of thiophene rings is 1. The molecule has 2 atom stereocenters. The third kappa shape index (κ3) is 3.38. The largest absolute Gasteiger partial charge is 0.353 e. The van der Waals surface area contributed by atoms with E-state index in [0.717, 1.165) is 17.8 Å². The fourth-order valence-electron chi connectivity index (χ4n) is 4.03. The van der Waals surface area contributed by atoms with Crippen molar-refractivity contribution in [3.05, 3.63) is 27.6 Å². The molecule has 0 radical (unpaired) electrons. The molecule has 3 heterocycles. The van der Waals surface area contributed by atoms with E-state index in [0.29, 0.717) is 41.7 Å². The van der Waals surface area contributed by atoms with Crippen LogP contribution in [0, 0.1) is 5.92 Å². The van der Waals surface area contributed by atoms with Gasteiger partial charge in [0.05, 0.1) is 5.52 Å². The molecule has 3 aromatic heterocycles. The summed E-state index contributed by atoms with van der Waals surface area (Å²) >= 11 is 1.43. The van der Waals surface area contributed by atoms with Crippen molar-refractivity contribution in [1.29, 1.82) is 0 Å². The van der Waals surface area contributed by atoms with Crippen LogP contribution in [0.5, 0.6) is 0 Å². The quantitative estimate of drug-likeness (QED) is 0.730. The van der Waals surface area contributed by atoms with E-state index in [1.54, 1.807) is 7.05 Å². The van der Waals surface area contributed by atoms with Gasteiger partial charge in [-0.1, -0.05) is 19.8 Å². The highest BCUT2D eigenvalue weighted by molar-refractivity contribution is 7.17. The summed E-state index contributed by atoms with van der Waals surface area (Å²) in [4.78, 5) is 24.7. The number of nitrogens with zero attached hydrogens (tertiary/aromatic N) is 4. The molecule has 1 aliphatic carbocycles. The van der Waals surface area contributed by atoms with Crippen LogP contribution in [-0.2, 0) is 18.3 Å². The van der Waals surface area contributed by atoms with Crippen molar-refractivity contribution in [2.24, 2.45) is 13.0 Å². The highest BCUT2D eigenvalue weighted by Crippen LogP contribution is 2.24. The predicted octanol–water partition coefficient (Wildman–Crippen LogP) is 2.66. The van der Waals surface area contributed by atoms with Crippen LogP contribution in [0.15, 0.2) is 16.2 Å². The van der Waals surface area contributed by atoms with E-state index < -0.39 is 0 Å². The second-order valence-corrected chi connectivity index (χ2v) is 8.46. The Morgan fingerprint density at radius 3 is 2.96 bits per heavy atom. The number of fused-ring (bicyclic) bond motifs is 3. The molecule has 0 spiro atoms. The summed E-state index contributed by atoms with van der Waals surface area (Å²) in [6.45, 7) is 2.23. The van der Waals surface area contributed by atoms with E-state index in [1.807, 2.05) is 15.8 Å². The first-order chi connectivity index (χ1) is 13.1. The maximum absolute atomic E-state index is 12.4. The summed E-state index contributed by atoms with van der Waals surface area (Å²) in [7, 11) is 1.72. The van der Waals surface area contributed by atoms with Crippen molar-refractivity contribution in [3.8, 4) is 0 Å². The van der Waals surface area contributed by atoms with Crippen molar-refractivity contribution in [2.75, 3.05) is 0 Å². The molecule has 1 N–H and O–H groups in total. The molecule has 3 aromatic rings. The number of carbonyl (C=O) groups excluding carboxylic acids is 1. The first-order valence-corrected chi connectivity index (χ1v) is 10.5. The molecule has 1 saturated carbocycles.